The molecule has 0 aliphatic rings. The van der Waals surface area contributed by atoms with E-state index in [1.807, 2.05) is 0 Å². The third-order valence-corrected chi connectivity index (χ3v) is 2.26. The SMILES string of the molecule is COCCNC(=O)c1ccc(NC(=O)CC#N)cc1. The summed E-state index contributed by atoms with van der Waals surface area (Å²) in [7, 11) is 1.56. The minimum absolute atomic E-state index is 0.195. The van der Waals surface area contributed by atoms with Crippen LogP contribution in [0.15, 0.2) is 24.3 Å². The molecule has 6 nitrogen and oxygen atoms in total. The number of rotatable bonds is 6. The van der Waals surface area contributed by atoms with Crippen LogP contribution < -0.4 is 10.6 Å². The summed E-state index contributed by atoms with van der Waals surface area (Å²) in [6.07, 6.45) is -0.195. The van der Waals surface area contributed by atoms with Gasteiger partial charge in [-0.25, -0.2) is 0 Å². The summed E-state index contributed by atoms with van der Waals surface area (Å²) in [4.78, 5) is 22.8. The molecule has 0 aromatic heterocycles. The lowest BCUT2D eigenvalue weighted by Gasteiger charge is -2.06. The molecule has 6 heteroatoms. The summed E-state index contributed by atoms with van der Waals surface area (Å²) in [6.45, 7) is 0.893. The van der Waals surface area contributed by atoms with Gasteiger partial charge in [-0.05, 0) is 24.3 Å². The fourth-order valence-electron chi connectivity index (χ4n) is 1.35. The highest BCUT2D eigenvalue weighted by Crippen LogP contribution is 2.09. The fraction of sp³-hybridized carbons (Fsp3) is 0.308. The third-order valence-electron chi connectivity index (χ3n) is 2.26. The van der Waals surface area contributed by atoms with Crippen LogP contribution in [0.3, 0.4) is 0 Å². The van der Waals surface area contributed by atoms with E-state index < -0.39 is 0 Å². The summed E-state index contributed by atoms with van der Waals surface area (Å²) in [5, 5.41) is 13.6. The minimum Gasteiger partial charge on any atom is -0.383 e. The van der Waals surface area contributed by atoms with Crippen LogP contribution in [0.4, 0.5) is 5.69 Å². The van der Waals surface area contributed by atoms with Crippen LogP contribution in [0.1, 0.15) is 16.8 Å². The molecule has 0 bridgehead atoms. The van der Waals surface area contributed by atoms with Crippen LogP contribution in [0.2, 0.25) is 0 Å². The zero-order valence-corrected chi connectivity index (χ0v) is 10.6. The van der Waals surface area contributed by atoms with Crippen molar-refractivity contribution in [3.05, 3.63) is 29.8 Å². The molecule has 1 rings (SSSR count). The molecular formula is C13H15N3O3. The van der Waals surface area contributed by atoms with Gasteiger partial charge in [0.15, 0.2) is 0 Å². The summed E-state index contributed by atoms with van der Waals surface area (Å²) >= 11 is 0. The minimum atomic E-state index is -0.375. The van der Waals surface area contributed by atoms with Gasteiger partial charge in [0.05, 0.1) is 12.7 Å². The van der Waals surface area contributed by atoms with Crippen LogP contribution in [-0.4, -0.2) is 32.1 Å². The smallest absolute Gasteiger partial charge is 0.251 e. The second kappa shape index (κ2) is 7.84. The number of hydrogen-bond acceptors (Lipinski definition) is 4. The number of ether oxygens (including phenoxy) is 1. The molecule has 2 amide bonds. The summed E-state index contributed by atoms with van der Waals surface area (Å²) in [5.74, 6) is -0.577. The molecule has 0 spiro atoms. The first kappa shape index (κ1) is 14.7. The van der Waals surface area contributed by atoms with Crippen molar-refractivity contribution < 1.29 is 14.3 Å². The Morgan fingerprint density at radius 1 is 1.32 bits per heavy atom. The fourth-order valence-corrected chi connectivity index (χ4v) is 1.35. The second-order valence-electron chi connectivity index (χ2n) is 3.71. The maximum atomic E-state index is 11.7. The summed E-state index contributed by atoms with van der Waals surface area (Å²) in [6, 6.07) is 8.18. The predicted molar refractivity (Wildman–Crippen MR) is 69.5 cm³/mol. The van der Waals surface area contributed by atoms with Gasteiger partial charge < -0.3 is 15.4 Å². The first-order valence-electron chi connectivity index (χ1n) is 5.71. The van der Waals surface area contributed by atoms with Crippen molar-refractivity contribution in [3.8, 4) is 6.07 Å². The van der Waals surface area contributed by atoms with Crippen LogP contribution in [-0.2, 0) is 9.53 Å². The quantitative estimate of drug-likeness (QED) is 0.745. The lowest BCUT2D eigenvalue weighted by molar-refractivity contribution is -0.115. The zero-order chi connectivity index (χ0) is 14.1. The van der Waals surface area contributed by atoms with Crippen molar-refractivity contribution in [2.75, 3.05) is 25.6 Å². The van der Waals surface area contributed by atoms with E-state index in [1.165, 1.54) is 0 Å². The van der Waals surface area contributed by atoms with Crippen molar-refractivity contribution in [3.63, 3.8) is 0 Å². The number of nitriles is 1. The van der Waals surface area contributed by atoms with Crippen LogP contribution in [0.25, 0.3) is 0 Å². The first-order valence-corrected chi connectivity index (χ1v) is 5.71. The highest BCUT2D eigenvalue weighted by Gasteiger charge is 2.05. The number of nitrogens with one attached hydrogen (secondary N) is 2. The number of hydrogen-bond donors (Lipinski definition) is 2. The average molecular weight is 261 g/mol. The molecule has 2 N–H and O–H groups in total. The molecule has 0 saturated heterocycles. The van der Waals surface area contributed by atoms with Gasteiger partial charge in [-0.2, -0.15) is 5.26 Å². The Morgan fingerprint density at radius 2 is 2.00 bits per heavy atom. The molecule has 1 aromatic rings. The summed E-state index contributed by atoms with van der Waals surface area (Å²) < 4.78 is 4.83. The van der Waals surface area contributed by atoms with Gasteiger partial charge in [0.2, 0.25) is 5.91 Å². The lowest BCUT2D eigenvalue weighted by Crippen LogP contribution is -2.26. The molecular weight excluding hydrogens is 246 g/mol. The number of amides is 2. The molecule has 0 heterocycles. The van der Waals surface area contributed by atoms with E-state index in [4.69, 9.17) is 10.00 Å². The van der Waals surface area contributed by atoms with E-state index >= 15 is 0 Å². The van der Waals surface area contributed by atoms with E-state index in [0.717, 1.165) is 0 Å². The Hall–Kier alpha value is -2.39. The van der Waals surface area contributed by atoms with E-state index in [1.54, 1.807) is 37.4 Å². The monoisotopic (exact) mass is 261 g/mol. The number of nitrogens with zero attached hydrogens (tertiary/aromatic N) is 1. The van der Waals surface area contributed by atoms with Crippen LogP contribution in [0, 0.1) is 11.3 Å². The largest absolute Gasteiger partial charge is 0.383 e. The number of carbonyl (C=O) groups is 2. The molecule has 19 heavy (non-hydrogen) atoms. The maximum Gasteiger partial charge on any atom is 0.251 e. The van der Waals surface area contributed by atoms with Crippen LogP contribution >= 0.6 is 0 Å². The summed E-state index contributed by atoms with van der Waals surface area (Å²) in [5.41, 5.74) is 1.04. The van der Waals surface area contributed by atoms with Gasteiger partial charge in [0, 0.05) is 24.9 Å². The van der Waals surface area contributed by atoms with Crippen molar-refractivity contribution in [1.29, 1.82) is 5.26 Å². The first-order chi connectivity index (χ1) is 9.17. The predicted octanol–water partition coefficient (Wildman–Crippen LogP) is 0.915. The Kier molecular flexibility index (Phi) is 6.06. The molecule has 100 valence electrons. The van der Waals surface area contributed by atoms with E-state index in [9.17, 15) is 9.59 Å². The second-order valence-corrected chi connectivity index (χ2v) is 3.71. The van der Waals surface area contributed by atoms with Gasteiger partial charge in [-0.1, -0.05) is 0 Å². The Labute approximate surface area is 111 Å². The van der Waals surface area contributed by atoms with Crippen molar-refractivity contribution in [2.24, 2.45) is 0 Å². The van der Waals surface area contributed by atoms with E-state index in [-0.39, 0.29) is 18.2 Å². The average Bonchev–Trinajstić information content (AvgIpc) is 2.40. The number of carbonyl (C=O) groups excluding carboxylic acids is 2. The van der Waals surface area contributed by atoms with Gasteiger partial charge in [0.25, 0.3) is 5.91 Å². The van der Waals surface area contributed by atoms with Gasteiger partial charge in [-0.15, -0.1) is 0 Å². The van der Waals surface area contributed by atoms with Crippen molar-refractivity contribution >= 4 is 17.5 Å². The maximum absolute atomic E-state index is 11.7. The molecule has 0 atom stereocenters. The number of methoxy groups -OCH3 is 1. The Balaban J connectivity index is 2.54. The molecule has 0 radical (unpaired) electrons. The van der Waals surface area contributed by atoms with Gasteiger partial charge >= 0.3 is 0 Å². The highest BCUT2D eigenvalue weighted by molar-refractivity contribution is 5.96. The molecule has 1 aromatic carbocycles. The molecule has 0 unspecified atom stereocenters. The van der Waals surface area contributed by atoms with Crippen molar-refractivity contribution in [2.45, 2.75) is 6.42 Å². The normalized spacial score (nSPS) is 9.47. The Morgan fingerprint density at radius 3 is 2.58 bits per heavy atom. The molecule has 0 aliphatic carbocycles. The standard InChI is InChI=1S/C13H15N3O3/c1-19-9-8-15-13(18)10-2-4-11(5-3-10)16-12(17)6-7-14/h2-5H,6,8-9H2,1H3,(H,15,18)(H,16,17). The van der Waals surface area contributed by atoms with Gasteiger partial charge in [0.1, 0.15) is 6.42 Å². The highest BCUT2D eigenvalue weighted by atomic mass is 16.5. The van der Waals surface area contributed by atoms with E-state index in [2.05, 4.69) is 10.6 Å². The van der Waals surface area contributed by atoms with Gasteiger partial charge in [-0.3, -0.25) is 9.59 Å². The van der Waals surface area contributed by atoms with Crippen LogP contribution in [0.5, 0.6) is 0 Å². The van der Waals surface area contributed by atoms with E-state index in [0.29, 0.717) is 24.4 Å². The molecule has 0 aliphatic heterocycles. The molecule has 0 fully saturated rings. The topological polar surface area (TPSA) is 91.2 Å². The number of benzene rings is 1. The zero-order valence-electron chi connectivity index (χ0n) is 10.6. The third kappa shape index (κ3) is 5.19. The lowest BCUT2D eigenvalue weighted by atomic mass is 10.2. The number of anilines is 1. The Bertz CT molecular complexity index is 477. The van der Waals surface area contributed by atoms with Crippen molar-refractivity contribution in [1.82, 2.24) is 5.32 Å². The molecule has 0 saturated carbocycles.